The van der Waals surface area contributed by atoms with Crippen LogP contribution in [0.1, 0.15) is 21.5 Å². The van der Waals surface area contributed by atoms with Crippen molar-refractivity contribution in [2.45, 2.75) is 13.5 Å². The first-order valence-corrected chi connectivity index (χ1v) is 9.02. The van der Waals surface area contributed by atoms with Crippen LogP contribution < -0.4 is 10.1 Å². The number of hydrogen-bond acceptors (Lipinski definition) is 4. The summed E-state index contributed by atoms with van der Waals surface area (Å²) in [4.78, 5) is 24.5. The van der Waals surface area contributed by atoms with E-state index in [1.54, 1.807) is 30.3 Å². The van der Waals surface area contributed by atoms with Gasteiger partial charge in [-0.15, -0.1) is 0 Å². The smallest absolute Gasteiger partial charge is 0.342 e. The van der Waals surface area contributed by atoms with E-state index in [-0.39, 0.29) is 30.2 Å². The Labute approximate surface area is 168 Å². The van der Waals surface area contributed by atoms with Crippen molar-refractivity contribution in [3.8, 4) is 5.75 Å². The number of halogens is 1. The van der Waals surface area contributed by atoms with Crippen molar-refractivity contribution in [3.05, 3.63) is 95.3 Å². The van der Waals surface area contributed by atoms with Crippen molar-refractivity contribution in [3.63, 3.8) is 0 Å². The summed E-state index contributed by atoms with van der Waals surface area (Å²) in [5, 5.41) is 2.43. The van der Waals surface area contributed by atoms with Crippen molar-refractivity contribution in [2.24, 2.45) is 0 Å². The number of benzene rings is 3. The molecule has 0 atom stereocenters. The van der Waals surface area contributed by atoms with Crippen LogP contribution in [-0.4, -0.2) is 18.5 Å². The van der Waals surface area contributed by atoms with Crippen LogP contribution >= 0.6 is 0 Å². The lowest BCUT2D eigenvalue weighted by atomic mass is 10.1. The molecule has 0 unspecified atom stereocenters. The first-order valence-electron chi connectivity index (χ1n) is 9.02. The molecule has 6 heteroatoms. The Morgan fingerprint density at radius 1 is 0.966 bits per heavy atom. The number of hydrogen-bond donors (Lipinski definition) is 1. The van der Waals surface area contributed by atoms with Gasteiger partial charge in [0.2, 0.25) is 0 Å². The van der Waals surface area contributed by atoms with Crippen molar-refractivity contribution >= 4 is 17.6 Å². The quantitative estimate of drug-likeness (QED) is 0.600. The maximum absolute atomic E-state index is 13.6. The third kappa shape index (κ3) is 5.65. The molecule has 1 N–H and O–H groups in total. The summed E-state index contributed by atoms with van der Waals surface area (Å²) in [6.07, 6.45) is 0. The van der Waals surface area contributed by atoms with Gasteiger partial charge in [0, 0.05) is 0 Å². The number of nitrogens with one attached hydrogen (secondary N) is 1. The minimum Gasteiger partial charge on any atom is -0.483 e. The van der Waals surface area contributed by atoms with E-state index in [0.29, 0.717) is 0 Å². The van der Waals surface area contributed by atoms with Crippen LogP contribution in [0.25, 0.3) is 0 Å². The fourth-order valence-corrected chi connectivity index (χ4v) is 2.68. The number of amides is 1. The summed E-state index contributed by atoms with van der Waals surface area (Å²) in [6, 6.07) is 20.0. The molecule has 1 amide bonds. The van der Waals surface area contributed by atoms with Crippen LogP contribution in [-0.2, 0) is 16.1 Å². The van der Waals surface area contributed by atoms with Gasteiger partial charge >= 0.3 is 5.97 Å². The highest BCUT2D eigenvalue weighted by Crippen LogP contribution is 2.20. The van der Waals surface area contributed by atoms with Gasteiger partial charge in [0.05, 0.1) is 5.69 Å². The second-order valence-corrected chi connectivity index (χ2v) is 6.38. The molecule has 0 heterocycles. The second kappa shape index (κ2) is 9.50. The monoisotopic (exact) mass is 393 g/mol. The number of rotatable bonds is 7. The van der Waals surface area contributed by atoms with Gasteiger partial charge in [-0.1, -0.05) is 54.1 Å². The average molecular weight is 393 g/mol. The third-order valence-corrected chi connectivity index (χ3v) is 4.07. The molecule has 0 aromatic heterocycles. The van der Waals surface area contributed by atoms with Gasteiger partial charge in [-0.25, -0.2) is 9.18 Å². The van der Waals surface area contributed by atoms with Crippen molar-refractivity contribution < 1.29 is 23.5 Å². The zero-order chi connectivity index (χ0) is 20.6. The Kier molecular flexibility index (Phi) is 6.58. The van der Waals surface area contributed by atoms with Gasteiger partial charge in [-0.2, -0.15) is 0 Å². The highest BCUT2D eigenvalue weighted by molar-refractivity contribution is 5.94. The molecule has 0 fully saturated rings. The van der Waals surface area contributed by atoms with E-state index in [1.807, 2.05) is 31.2 Å². The highest BCUT2D eigenvalue weighted by Gasteiger charge is 2.15. The summed E-state index contributed by atoms with van der Waals surface area (Å²) < 4.78 is 24.4. The minimum absolute atomic E-state index is 0.0620. The standard InChI is InChI=1S/C23H20FNO4/c1-16-7-6-8-17(13-16)14-29-23(27)18-9-2-5-12-21(18)28-15-22(26)25-20-11-4-3-10-19(20)24/h2-13H,14-15H2,1H3,(H,25,26). The maximum Gasteiger partial charge on any atom is 0.342 e. The van der Waals surface area contributed by atoms with E-state index in [0.717, 1.165) is 11.1 Å². The topological polar surface area (TPSA) is 64.6 Å². The fraction of sp³-hybridized carbons (Fsp3) is 0.130. The van der Waals surface area contributed by atoms with Crippen LogP contribution in [0.15, 0.2) is 72.8 Å². The van der Waals surface area contributed by atoms with Gasteiger partial charge in [0.15, 0.2) is 6.61 Å². The average Bonchev–Trinajstić information content (AvgIpc) is 2.72. The van der Waals surface area contributed by atoms with Crippen LogP contribution in [0.5, 0.6) is 5.75 Å². The number of carbonyl (C=O) groups is 2. The molecule has 3 rings (SSSR count). The lowest BCUT2D eigenvalue weighted by molar-refractivity contribution is -0.118. The van der Waals surface area contributed by atoms with Crippen LogP contribution in [0.4, 0.5) is 10.1 Å². The van der Waals surface area contributed by atoms with Gasteiger partial charge in [-0.3, -0.25) is 4.79 Å². The summed E-state index contributed by atoms with van der Waals surface area (Å²) in [7, 11) is 0. The Bertz CT molecular complexity index is 1020. The highest BCUT2D eigenvalue weighted by atomic mass is 19.1. The number of aryl methyl sites for hydroxylation is 1. The largest absolute Gasteiger partial charge is 0.483 e. The molecular formula is C23H20FNO4. The normalized spacial score (nSPS) is 10.3. The third-order valence-electron chi connectivity index (χ3n) is 4.07. The number of para-hydroxylation sites is 2. The Balaban J connectivity index is 1.60. The van der Waals surface area contributed by atoms with Crippen LogP contribution in [0.2, 0.25) is 0 Å². The van der Waals surface area contributed by atoms with Crippen molar-refractivity contribution in [2.75, 3.05) is 11.9 Å². The first-order chi connectivity index (χ1) is 14.0. The summed E-state index contributed by atoms with van der Waals surface area (Å²) in [6.45, 7) is 1.71. The van der Waals surface area contributed by atoms with Crippen molar-refractivity contribution in [1.82, 2.24) is 0 Å². The Morgan fingerprint density at radius 2 is 1.72 bits per heavy atom. The number of ether oxygens (including phenoxy) is 2. The predicted molar refractivity (Wildman–Crippen MR) is 107 cm³/mol. The van der Waals surface area contributed by atoms with E-state index >= 15 is 0 Å². The second-order valence-electron chi connectivity index (χ2n) is 6.38. The van der Waals surface area contributed by atoms with Gasteiger partial charge in [0.25, 0.3) is 5.91 Å². The lowest BCUT2D eigenvalue weighted by Gasteiger charge is -2.12. The zero-order valence-corrected chi connectivity index (χ0v) is 15.9. The molecule has 0 saturated heterocycles. The van der Waals surface area contributed by atoms with Gasteiger partial charge in [-0.05, 0) is 36.8 Å². The number of anilines is 1. The van der Waals surface area contributed by atoms with E-state index in [4.69, 9.17) is 9.47 Å². The van der Waals surface area contributed by atoms with E-state index < -0.39 is 17.7 Å². The van der Waals surface area contributed by atoms with E-state index in [1.165, 1.54) is 18.2 Å². The van der Waals surface area contributed by atoms with E-state index in [9.17, 15) is 14.0 Å². The molecule has 148 valence electrons. The number of esters is 1. The SMILES string of the molecule is Cc1cccc(COC(=O)c2ccccc2OCC(=O)Nc2ccccc2F)c1. The maximum atomic E-state index is 13.6. The molecule has 0 bridgehead atoms. The molecule has 29 heavy (non-hydrogen) atoms. The predicted octanol–water partition coefficient (Wildman–Crippen LogP) is 4.51. The molecular weight excluding hydrogens is 373 g/mol. The molecule has 0 aliphatic rings. The summed E-state index contributed by atoms with van der Waals surface area (Å²) in [5.41, 5.74) is 2.22. The molecule has 0 radical (unpaired) electrons. The van der Waals surface area contributed by atoms with Crippen molar-refractivity contribution in [1.29, 1.82) is 0 Å². The Morgan fingerprint density at radius 3 is 2.52 bits per heavy atom. The Hall–Kier alpha value is -3.67. The summed E-state index contributed by atoms with van der Waals surface area (Å²) in [5.74, 6) is -1.43. The molecule has 0 spiro atoms. The molecule has 0 aliphatic carbocycles. The van der Waals surface area contributed by atoms with Gasteiger partial charge in [0.1, 0.15) is 23.7 Å². The van der Waals surface area contributed by atoms with Crippen LogP contribution in [0.3, 0.4) is 0 Å². The van der Waals surface area contributed by atoms with Crippen LogP contribution in [0, 0.1) is 12.7 Å². The minimum atomic E-state index is -0.559. The molecule has 5 nitrogen and oxygen atoms in total. The summed E-state index contributed by atoms with van der Waals surface area (Å²) >= 11 is 0. The first kappa shape index (κ1) is 20.1. The number of carbonyl (C=O) groups excluding carboxylic acids is 2. The fourth-order valence-electron chi connectivity index (χ4n) is 2.68. The van der Waals surface area contributed by atoms with E-state index in [2.05, 4.69) is 5.32 Å². The molecule has 0 aliphatic heterocycles. The van der Waals surface area contributed by atoms with Gasteiger partial charge < -0.3 is 14.8 Å². The molecule has 0 saturated carbocycles. The lowest BCUT2D eigenvalue weighted by Crippen LogP contribution is -2.21. The molecule has 3 aromatic carbocycles. The zero-order valence-electron chi connectivity index (χ0n) is 15.9. The molecule has 3 aromatic rings.